The van der Waals surface area contributed by atoms with Gasteiger partial charge in [0.25, 0.3) is 0 Å². The summed E-state index contributed by atoms with van der Waals surface area (Å²) in [5.41, 5.74) is 3.14. The Labute approximate surface area is 114 Å². The first-order valence-electron chi connectivity index (χ1n) is 6.63. The second-order valence-corrected chi connectivity index (χ2v) is 4.97. The van der Waals surface area contributed by atoms with Crippen molar-refractivity contribution >= 4 is 5.82 Å². The molecule has 0 fully saturated rings. The van der Waals surface area contributed by atoms with Crippen molar-refractivity contribution in [3.8, 4) is 11.5 Å². The zero-order valence-corrected chi connectivity index (χ0v) is 12.2. The van der Waals surface area contributed by atoms with Crippen molar-refractivity contribution in [1.82, 2.24) is 19.5 Å². The Morgan fingerprint density at radius 1 is 1.32 bits per heavy atom. The highest BCUT2D eigenvalue weighted by Crippen LogP contribution is 2.27. The number of aromatic nitrogens is 4. The molecule has 0 spiro atoms. The lowest BCUT2D eigenvalue weighted by Crippen LogP contribution is -2.10. The fraction of sp³-hybridized carbons (Fsp3) is 0.500. The third-order valence-corrected chi connectivity index (χ3v) is 3.10. The van der Waals surface area contributed by atoms with E-state index in [0.29, 0.717) is 5.92 Å². The van der Waals surface area contributed by atoms with Crippen LogP contribution < -0.4 is 5.32 Å². The molecule has 102 valence electrons. The maximum atomic E-state index is 4.66. The lowest BCUT2D eigenvalue weighted by molar-refractivity contribution is 0.826. The van der Waals surface area contributed by atoms with Gasteiger partial charge in [-0.15, -0.1) is 0 Å². The molecule has 0 saturated carbocycles. The lowest BCUT2D eigenvalue weighted by Gasteiger charge is -2.16. The van der Waals surface area contributed by atoms with Crippen molar-refractivity contribution in [2.75, 3.05) is 11.9 Å². The van der Waals surface area contributed by atoms with E-state index in [2.05, 4.69) is 41.0 Å². The van der Waals surface area contributed by atoms with Gasteiger partial charge < -0.3 is 9.88 Å². The number of rotatable bonds is 4. The molecule has 0 aliphatic rings. The Balaban J connectivity index is 2.57. The number of hydrogen-bond donors (Lipinski definition) is 1. The number of aryl methyl sites for hydroxylation is 2. The average molecular weight is 259 g/mol. The minimum atomic E-state index is 0.398. The van der Waals surface area contributed by atoms with Crippen LogP contribution in [0.4, 0.5) is 5.82 Å². The van der Waals surface area contributed by atoms with Gasteiger partial charge in [0, 0.05) is 24.8 Å². The molecule has 2 heterocycles. The molecule has 0 aliphatic heterocycles. The van der Waals surface area contributed by atoms with Crippen molar-refractivity contribution in [2.45, 2.75) is 33.6 Å². The Morgan fingerprint density at radius 2 is 2.05 bits per heavy atom. The molecule has 2 aromatic heterocycles. The quantitative estimate of drug-likeness (QED) is 0.917. The third kappa shape index (κ3) is 2.59. The van der Waals surface area contributed by atoms with E-state index in [1.807, 2.05) is 18.5 Å². The first-order chi connectivity index (χ1) is 9.04. The zero-order valence-electron chi connectivity index (χ0n) is 12.2. The summed E-state index contributed by atoms with van der Waals surface area (Å²) in [7, 11) is 1.95. The number of imidazole rings is 1. The Kier molecular flexibility index (Phi) is 3.83. The predicted octanol–water partition coefficient (Wildman–Crippen LogP) is 2.74. The molecule has 1 N–H and O–H groups in total. The largest absolute Gasteiger partial charge is 0.370 e. The molecule has 0 aliphatic carbocycles. The summed E-state index contributed by atoms with van der Waals surface area (Å²) in [4.78, 5) is 13.4. The summed E-state index contributed by atoms with van der Waals surface area (Å²) < 4.78 is 1.93. The summed E-state index contributed by atoms with van der Waals surface area (Å²) in [5.74, 6) is 2.05. The highest BCUT2D eigenvalue weighted by atomic mass is 15.1. The molecule has 0 saturated heterocycles. The van der Waals surface area contributed by atoms with Crippen LogP contribution in [0, 0.1) is 6.92 Å². The molecule has 19 heavy (non-hydrogen) atoms. The Bertz CT molecular complexity index is 571. The van der Waals surface area contributed by atoms with Gasteiger partial charge in [-0.25, -0.2) is 15.0 Å². The molecular formula is C14H21N5. The van der Waals surface area contributed by atoms with Gasteiger partial charge >= 0.3 is 0 Å². The minimum absolute atomic E-state index is 0.398. The number of hydrogen-bond acceptors (Lipinski definition) is 4. The zero-order chi connectivity index (χ0) is 14.0. The number of anilines is 1. The van der Waals surface area contributed by atoms with Crippen LogP contribution in [0.15, 0.2) is 12.5 Å². The molecular weight excluding hydrogens is 238 g/mol. The van der Waals surface area contributed by atoms with Gasteiger partial charge in [0.1, 0.15) is 11.5 Å². The van der Waals surface area contributed by atoms with Gasteiger partial charge in [0.2, 0.25) is 0 Å². The second kappa shape index (κ2) is 5.38. The molecule has 0 bridgehead atoms. The van der Waals surface area contributed by atoms with Crippen LogP contribution >= 0.6 is 0 Å². The molecule has 0 atom stereocenters. The summed E-state index contributed by atoms with van der Waals surface area (Å²) in [6.07, 6.45) is 3.55. The predicted molar refractivity (Wildman–Crippen MR) is 77.2 cm³/mol. The first-order valence-corrected chi connectivity index (χ1v) is 6.63. The second-order valence-electron chi connectivity index (χ2n) is 4.97. The van der Waals surface area contributed by atoms with E-state index in [9.17, 15) is 0 Å². The molecule has 5 nitrogen and oxygen atoms in total. The smallest absolute Gasteiger partial charge is 0.180 e. The van der Waals surface area contributed by atoms with Crippen LogP contribution in [0.3, 0.4) is 0 Å². The van der Waals surface area contributed by atoms with Crippen molar-refractivity contribution < 1.29 is 0 Å². The highest BCUT2D eigenvalue weighted by molar-refractivity contribution is 5.57. The fourth-order valence-electron chi connectivity index (χ4n) is 2.26. The third-order valence-electron chi connectivity index (χ3n) is 3.10. The van der Waals surface area contributed by atoms with Crippen LogP contribution in [0.25, 0.3) is 11.5 Å². The monoisotopic (exact) mass is 259 g/mol. The minimum Gasteiger partial charge on any atom is -0.370 e. The molecule has 5 heteroatoms. The van der Waals surface area contributed by atoms with Crippen LogP contribution in [-0.4, -0.2) is 26.1 Å². The van der Waals surface area contributed by atoms with Gasteiger partial charge in [-0.1, -0.05) is 13.8 Å². The summed E-state index contributed by atoms with van der Waals surface area (Å²) in [6, 6.07) is 0. The van der Waals surface area contributed by atoms with E-state index in [4.69, 9.17) is 0 Å². The van der Waals surface area contributed by atoms with Crippen LogP contribution in [-0.2, 0) is 7.05 Å². The average Bonchev–Trinajstić information content (AvgIpc) is 2.74. The summed E-state index contributed by atoms with van der Waals surface area (Å²) in [5, 5.41) is 3.34. The van der Waals surface area contributed by atoms with E-state index >= 15 is 0 Å². The van der Waals surface area contributed by atoms with Crippen molar-refractivity contribution in [3.63, 3.8) is 0 Å². The van der Waals surface area contributed by atoms with Crippen molar-refractivity contribution in [2.24, 2.45) is 7.05 Å². The maximum Gasteiger partial charge on any atom is 0.180 e. The standard InChI is InChI=1S/C14H21N5/c1-6-16-14-12(9(2)3)10(4)17-13(18-14)11-7-15-8-19(11)5/h7-9H,6H2,1-5H3,(H,16,17,18). The fourth-order valence-corrected chi connectivity index (χ4v) is 2.26. The Morgan fingerprint density at radius 3 is 2.58 bits per heavy atom. The SMILES string of the molecule is CCNc1nc(-c2cncn2C)nc(C)c1C(C)C. The van der Waals surface area contributed by atoms with E-state index < -0.39 is 0 Å². The lowest BCUT2D eigenvalue weighted by atomic mass is 10.0. The Hall–Kier alpha value is -1.91. The van der Waals surface area contributed by atoms with Gasteiger partial charge in [-0.05, 0) is 19.8 Å². The molecule has 2 aromatic rings. The molecule has 0 aromatic carbocycles. The summed E-state index contributed by atoms with van der Waals surface area (Å²) >= 11 is 0. The van der Waals surface area contributed by atoms with Gasteiger partial charge in [-0.2, -0.15) is 0 Å². The van der Waals surface area contributed by atoms with Crippen LogP contribution in [0.2, 0.25) is 0 Å². The summed E-state index contributed by atoms with van der Waals surface area (Å²) in [6.45, 7) is 9.29. The number of nitrogens with zero attached hydrogens (tertiary/aromatic N) is 4. The normalized spacial score (nSPS) is 11.1. The number of nitrogens with one attached hydrogen (secondary N) is 1. The molecule has 0 unspecified atom stereocenters. The molecule has 0 radical (unpaired) electrons. The van der Waals surface area contributed by atoms with E-state index in [1.54, 1.807) is 12.5 Å². The van der Waals surface area contributed by atoms with Crippen molar-refractivity contribution in [1.29, 1.82) is 0 Å². The van der Waals surface area contributed by atoms with E-state index in [-0.39, 0.29) is 0 Å². The maximum absolute atomic E-state index is 4.66. The van der Waals surface area contributed by atoms with E-state index in [0.717, 1.165) is 29.6 Å². The highest BCUT2D eigenvalue weighted by Gasteiger charge is 2.16. The van der Waals surface area contributed by atoms with Gasteiger partial charge in [-0.3, -0.25) is 0 Å². The van der Waals surface area contributed by atoms with Crippen LogP contribution in [0.5, 0.6) is 0 Å². The van der Waals surface area contributed by atoms with E-state index in [1.165, 1.54) is 5.56 Å². The van der Waals surface area contributed by atoms with Gasteiger partial charge in [0.15, 0.2) is 5.82 Å². The molecule has 0 amide bonds. The topological polar surface area (TPSA) is 55.6 Å². The molecule has 2 rings (SSSR count). The van der Waals surface area contributed by atoms with Gasteiger partial charge in [0.05, 0.1) is 12.5 Å². The van der Waals surface area contributed by atoms with Crippen molar-refractivity contribution in [3.05, 3.63) is 23.8 Å². The van der Waals surface area contributed by atoms with Crippen LogP contribution in [0.1, 0.15) is 37.9 Å². The first kappa shape index (κ1) is 13.5.